The molecule has 0 bridgehead atoms. The lowest BCUT2D eigenvalue weighted by Gasteiger charge is -2.37. The Morgan fingerprint density at radius 1 is 0.944 bits per heavy atom. The molecular formula is C27H44NO8+. The van der Waals surface area contributed by atoms with Gasteiger partial charge in [0.1, 0.15) is 0 Å². The Labute approximate surface area is 214 Å². The van der Waals surface area contributed by atoms with Crippen LogP contribution in [-0.4, -0.2) is 79.0 Å². The van der Waals surface area contributed by atoms with Gasteiger partial charge in [-0.1, -0.05) is 19.1 Å². The molecular weight excluding hydrogens is 466 g/mol. The summed E-state index contributed by atoms with van der Waals surface area (Å²) in [7, 11) is 3.11. The van der Waals surface area contributed by atoms with Gasteiger partial charge >= 0.3 is 5.97 Å². The number of hydrogen-bond donors (Lipinski definition) is 3. The molecule has 36 heavy (non-hydrogen) atoms. The van der Waals surface area contributed by atoms with Crippen molar-refractivity contribution < 1.29 is 44.5 Å². The van der Waals surface area contributed by atoms with E-state index in [0.29, 0.717) is 38.7 Å². The van der Waals surface area contributed by atoms with Gasteiger partial charge in [0, 0.05) is 20.6 Å². The van der Waals surface area contributed by atoms with Crippen LogP contribution in [0.2, 0.25) is 0 Å². The summed E-state index contributed by atoms with van der Waals surface area (Å²) in [5.74, 6) is -0.972. The number of allylic oxidation sites excluding steroid dienone is 4. The molecule has 2 saturated carbocycles. The predicted molar refractivity (Wildman–Crippen MR) is 133 cm³/mol. The highest BCUT2D eigenvalue weighted by molar-refractivity contribution is 6.08. The van der Waals surface area contributed by atoms with E-state index in [2.05, 4.69) is 5.73 Å². The molecule has 0 aromatic carbocycles. The van der Waals surface area contributed by atoms with Crippen molar-refractivity contribution in [3.63, 3.8) is 0 Å². The highest BCUT2D eigenvalue weighted by Crippen LogP contribution is 2.35. The maximum Gasteiger partial charge on any atom is 0.364 e. The minimum Gasteiger partial charge on any atom is -0.461 e. The van der Waals surface area contributed by atoms with Crippen molar-refractivity contribution in [3.05, 3.63) is 24.3 Å². The third-order valence-electron chi connectivity index (χ3n) is 7.29. The van der Waals surface area contributed by atoms with Gasteiger partial charge in [-0.25, -0.2) is 4.79 Å². The van der Waals surface area contributed by atoms with Gasteiger partial charge in [0.15, 0.2) is 17.6 Å². The van der Waals surface area contributed by atoms with Crippen LogP contribution in [0.1, 0.15) is 58.3 Å². The van der Waals surface area contributed by atoms with E-state index in [1.807, 2.05) is 13.0 Å². The lowest BCUT2D eigenvalue weighted by Crippen LogP contribution is -2.66. The van der Waals surface area contributed by atoms with E-state index in [4.69, 9.17) is 14.2 Å². The molecule has 0 saturated heterocycles. The summed E-state index contributed by atoms with van der Waals surface area (Å²) in [6.45, 7) is 2.27. The van der Waals surface area contributed by atoms with E-state index in [9.17, 15) is 24.6 Å². The minimum atomic E-state index is -0.662. The van der Waals surface area contributed by atoms with Crippen LogP contribution in [0.15, 0.2) is 24.3 Å². The van der Waals surface area contributed by atoms with E-state index in [0.717, 1.165) is 12.8 Å². The highest BCUT2D eigenvalue weighted by Gasteiger charge is 2.38. The zero-order chi connectivity index (χ0) is 26.7. The van der Waals surface area contributed by atoms with Gasteiger partial charge in [-0.05, 0) is 68.4 Å². The number of aliphatic hydroxyl groups is 2. The molecule has 9 nitrogen and oxygen atoms in total. The summed E-state index contributed by atoms with van der Waals surface area (Å²) in [5.41, 5.74) is 3.94. The van der Waals surface area contributed by atoms with E-state index in [1.54, 1.807) is 20.3 Å². The predicted octanol–water partition coefficient (Wildman–Crippen LogP) is 1.16. The molecule has 0 aromatic rings. The Morgan fingerprint density at radius 2 is 1.58 bits per heavy atom. The summed E-state index contributed by atoms with van der Waals surface area (Å²) >= 11 is 0. The molecule has 0 spiro atoms. The zero-order valence-corrected chi connectivity index (χ0v) is 21.8. The molecule has 0 aliphatic heterocycles. The molecule has 0 radical (unpaired) electrons. The molecule has 2 aliphatic rings. The smallest absolute Gasteiger partial charge is 0.364 e. The van der Waals surface area contributed by atoms with Crippen molar-refractivity contribution >= 4 is 17.5 Å². The van der Waals surface area contributed by atoms with Crippen molar-refractivity contribution in [1.29, 1.82) is 0 Å². The second-order valence-electron chi connectivity index (χ2n) is 10.1. The van der Waals surface area contributed by atoms with E-state index < -0.39 is 18.2 Å². The van der Waals surface area contributed by atoms with Gasteiger partial charge in [-0.2, -0.15) is 0 Å². The van der Waals surface area contributed by atoms with Gasteiger partial charge in [0.05, 0.1) is 37.4 Å². The number of esters is 1. The topological polar surface area (TPSA) is 147 Å². The third-order valence-corrected chi connectivity index (χ3v) is 7.29. The molecule has 204 valence electrons. The number of carbonyl (C=O) groups is 3. The fraction of sp³-hybridized carbons (Fsp3) is 0.741. The second kappa shape index (κ2) is 15.4. The number of carbonyl (C=O) groups excluding carboxylic acids is 3. The summed E-state index contributed by atoms with van der Waals surface area (Å²) in [5, 5.41) is 20.3. The van der Waals surface area contributed by atoms with Crippen LogP contribution in [-0.2, 0) is 28.6 Å². The summed E-state index contributed by atoms with van der Waals surface area (Å²) < 4.78 is 15.9. The number of hydrogen-bond acceptors (Lipinski definition) is 8. The fourth-order valence-electron chi connectivity index (χ4n) is 5.13. The first-order chi connectivity index (χ1) is 17.2. The van der Waals surface area contributed by atoms with E-state index in [1.165, 1.54) is 12.2 Å². The van der Waals surface area contributed by atoms with Crippen molar-refractivity contribution in [2.24, 2.45) is 17.8 Å². The van der Waals surface area contributed by atoms with Crippen LogP contribution in [0.4, 0.5) is 0 Å². The van der Waals surface area contributed by atoms with Gasteiger partial charge in [-0.15, -0.1) is 0 Å². The van der Waals surface area contributed by atoms with E-state index >= 15 is 0 Å². The minimum absolute atomic E-state index is 0.0712. The first kappa shape index (κ1) is 30.3. The molecule has 0 aromatic heterocycles. The van der Waals surface area contributed by atoms with E-state index in [-0.39, 0.29) is 53.9 Å². The van der Waals surface area contributed by atoms with Gasteiger partial charge in [-0.3, -0.25) is 9.59 Å². The fourth-order valence-corrected chi connectivity index (χ4v) is 5.13. The van der Waals surface area contributed by atoms with Crippen LogP contribution in [0.3, 0.4) is 0 Å². The SMILES string of the molecule is CCCOC(=O)[C@@H]([NH3+])CC1CC(O)C(OC)CC1/C=C/C(=O)CC(=O)/C=C/C1CCC(O)C(OC)C1. The van der Waals surface area contributed by atoms with Crippen molar-refractivity contribution in [2.75, 3.05) is 20.8 Å². The molecule has 0 amide bonds. The molecule has 2 rings (SSSR count). The highest BCUT2D eigenvalue weighted by atomic mass is 16.5. The monoisotopic (exact) mass is 510 g/mol. The first-order valence-electron chi connectivity index (χ1n) is 13.0. The van der Waals surface area contributed by atoms with Crippen LogP contribution in [0, 0.1) is 17.8 Å². The van der Waals surface area contributed by atoms with Crippen LogP contribution in [0.25, 0.3) is 0 Å². The Kier molecular flexibility index (Phi) is 12.9. The summed E-state index contributed by atoms with van der Waals surface area (Å²) in [4.78, 5) is 37.0. The molecule has 9 heteroatoms. The Bertz CT molecular complexity index is 782. The normalized spacial score (nSPS) is 32.0. The number of quaternary nitrogens is 1. The van der Waals surface area contributed by atoms with Crippen LogP contribution < -0.4 is 5.73 Å². The third kappa shape index (κ3) is 9.52. The number of methoxy groups -OCH3 is 2. The van der Waals surface area contributed by atoms with Crippen LogP contribution in [0.5, 0.6) is 0 Å². The molecule has 5 N–H and O–H groups in total. The lowest BCUT2D eigenvalue weighted by molar-refractivity contribution is -0.412. The summed E-state index contributed by atoms with van der Waals surface area (Å²) in [6, 6.07) is -0.565. The van der Waals surface area contributed by atoms with Crippen LogP contribution >= 0.6 is 0 Å². The lowest BCUT2D eigenvalue weighted by atomic mass is 9.73. The molecule has 0 heterocycles. The van der Waals surface area contributed by atoms with Crippen molar-refractivity contribution in [1.82, 2.24) is 0 Å². The van der Waals surface area contributed by atoms with Gasteiger partial charge in [0.25, 0.3) is 0 Å². The molecule has 2 fully saturated rings. The Morgan fingerprint density at radius 3 is 2.22 bits per heavy atom. The number of ketones is 2. The quantitative estimate of drug-likeness (QED) is 0.190. The number of ether oxygens (including phenoxy) is 3. The average molecular weight is 511 g/mol. The van der Waals surface area contributed by atoms with Crippen molar-refractivity contribution in [3.8, 4) is 0 Å². The molecule has 8 atom stereocenters. The first-order valence-corrected chi connectivity index (χ1v) is 13.0. The average Bonchev–Trinajstić information content (AvgIpc) is 2.86. The number of aliphatic hydroxyl groups excluding tert-OH is 2. The summed E-state index contributed by atoms with van der Waals surface area (Å²) in [6.07, 6.45) is 8.62. The van der Waals surface area contributed by atoms with Crippen molar-refractivity contribution in [2.45, 2.75) is 88.7 Å². The maximum absolute atomic E-state index is 12.5. The Balaban J connectivity index is 1.94. The number of rotatable bonds is 13. The second-order valence-corrected chi connectivity index (χ2v) is 10.1. The zero-order valence-electron chi connectivity index (χ0n) is 21.8. The maximum atomic E-state index is 12.5. The molecule has 7 unspecified atom stereocenters. The molecule has 2 aliphatic carbocycles. The standard InChI is InChI=1S/C27H43NO8/c1-4-11-36-27(33)22(28)13-19-14-24(32)26(35-3)15-18(19)7-9-21(30)16-20(29)8-5-17-6-10-23(31)25(12-17)34-2/h5,7-9,17-19,22-26,31-32H,4,6,10-16,28H2,1-3H3/p+1/b8-5+,9-7+/t17?,18?,19?,22-,23?,24?,25?,26?/m0/s1. The Hall–Kier alpha value is -1.91. The van der Waals surface area contributed by atoms with Gasteiger partial charge < -0.3 is 30.2 Å². The largest absolute Gasteiger partial charge is 0.461 e. The van der Waals surface area contributed by atoms with Gasteiger partial charge in [0.2, 0.25) is 0 Å².